The normalized spacial score (nSPS) is 11.3. The average molecular weight is 414 g/mol. The molecule has 0 radical (unpaired) electrons. The number of nitrogens with one attached hydrogen (secondary N) is 1. The topological polar surface area (TPSA) is 46.5 Å². The van der Waals surface area contributed by atoms with Crippen molar-refractivity contribution in [1.29, 1.82) is 0 Å². The minimum Gasteiger partial charge on any atom is -0.434 e. The van der Waals surface area contributed by atoms with Gasteiger partial charge in [-0.25, -0.2) is 4.98 Å². The molecule has 1 heterocycles. The van der Waals surface area contributed by atoms with Crippen molar-refractivity contribution in [3.05, 3.63) is 63.5 Å². The zero-order valence-corrected chi connectivity index (χ0v) is 15.3. The Bertz CT molecular complexity index is 934. The van der Waals surface area contributed by atoms with Gasteiger partial charge in [-0.3, -0.25) is 5.43 Å². The predicted molar refractivity (Wildman–Crippen MR) is 102 cm³/mol. The SMILES string of the molecule is FC(F)Oc1ccccc1C=NNc1nc(-c2ccc(Cl)c(Cl)c2)cs1. The Balaban J connectivity index is 1.70. The highest BCUT2D eigenvalue weighted by atomic mass is 35.5. The van der Waals surface area contributed by atoms with Crippen molar-refractivity contribution in [3.63, 3.8) is 0 Å². The highest BCUT2D eigenvalue weighted by Crippen LogP contribution is 2.30. The fourth-order valence-electron chi connectivity index (χ4n) is 2.06. The number of thiazole rings is 1. The summed E-state index contributed by atoms with van der Waals surface area (Å²) in [5.74, 6) is 0.0451. The van der Waals surface area contributed by atoms with Crippen LogP contribution in [0.2, 0.25) is 10.0 Å². The zero-order valence-electron chi connectivity index (χ0n) is 13.0. The van der Waals surface area contributed by atoms with Crippen LogP contribution >= 0.6 is 34.5 Å². The number of ether oxygens (including phenoxy) is 1. The summed E-state index contributed by atoms with van der Waals surface area (Å²) in [4.78, 5) is 4.39. The number of hydrogen-bond acceptors (Lipinski definition) is 5. The number of nitrogens with zero attached hydrogens (tertiary/aromatic N) is 2. The van der Waals surface area contributed by atoms with E-state index in [4.69, 9.17) is 23.2 Å². The van der Waals surface area contributed by atoms with E-state index < -0.39 is 6.61 Å². The lowest BCUT2D eigenvalue weighted by atomic mass is 10.2. The number of halogens is 4. The third-order valence-electron chi connectivity index (χ3n) is 3.22. The van der Waals surface area contributed by atoms with Gasteiger partial charge in [-0.15, -0.1) is 11.3 Å². The number of aromatic nitrogens is 1. The van der Waals surface area contributed by atoms with Gasteiger partial charge >= 0.3 is 6.61 Å². The first-order valence-corrected chi connectivity index (χ1v) is 8.90. The Hall–Kier alpha value is -2.22. The minimum atomic E-state index is -2.90. The van der Waals surface area contributed by atoms with E-state index in [1.54, 1.807) is 30.3 Å². The molecule has 0 unspecified atom stereocenters. The van der Waals surface area contributed by atoms with Crippen molar-refractivity contribution in [1.82, 2.24) is 4.98 Å². The lowest BCUT2D eigenvalue weighted by Crippen LogP contribution is -2.04. The van der Waals surface area contributed by atoms with Gasteiger partial charge in [0.15, 0.2) is 0 Å². The third-order valence-corrected chi connectivity index (χ3v) is 4.70. The lowest BCUT2D eigenvalue weighted by Gasteiger charge is -2.06. The van der Waals surface area contributed by atoms with Gasteiger partial charge in [-0.1, -0.05) is 41.4 Å². The van der Waals surface area contributed by atoms with Crippen LogP contribution in [0.15, 0.2) is 52.9 Å². The van der Waals surface area contributed by atoms with Crippen molar-refractivity contribution in [2.24, 2.45) is 5.10 Å². The molecular formula is C17H11Cl2F2N3OS. The second kappa shape index (κ2) is 8.44. The minimum absolute atomic E-state index is 0.0451. The third kappa shape index (κ3) is 4.69. The standard InChI is InChI=1S/C17H11Cl2F2N3OS/c18-12-6-5-10(7-13(12)19)14-9-26-17(23-14)24-22-8-11-3-1-2-4-15(11)25-16(20)21/h1-9,16H,(H,23,24). The van der Waals surface area contributed by atoms with Crippen molar-refractivity contribution < 1.29 is 13.5 Å². The molecule has 1 aromatic heterocycles. The molecular weight excluding hydrogens is 403 g/mol. The Morgan fingerprint density at radius 1 is 1.15 bits per heavy atom. The maximum Gasteiger partial charge on any atom is 0.387 e. The van der Waals surface area contributed by atoms with E-state index >= 15 is 0 Å². The molecule has 4 nitrogen and oxygen atoms in total. The molecule has 0 atom stereocenters. The van der Waals surface area contributed by atoms with Crippen LogP contribution in [-0.4, -0.2) is 17.8 Å². The van der Waals surface area contributed by atoms with E-state index in [2.05, 4.69) is 20.2 Å². The van der Waals surface area contributed by atoms with Gasteiger partial charge < -0.3 is 4.74 Å². The Morgan fingerprint density at radius 3 is 2.73 bits per heavy atom. The fourth-order valence-corrected chi connectivity index (χ4v) is 3.03. The van der Waals surface area contributed by atoms with E-state index in [1.165, 1.54) is 23.6 Å². The summed E-state index contributed by atoms with van der Waals surface area (Å²) in [5.41, 5.74) is 4.72. The van der Waals surface area contributed by atoms with Gasteiger partial charge in [-0.05, 0) is 24.3 Å². The van der Waals surface area contributed by atoms with E-state index in [9.17, 15) is 8.78 Å². The van der Waals surface area contributed by atoms with E-state index in [1.807, 2.05) is 11.4 Å². The Kier molecular flexibility index (Phi) is 6.03. The average Bonchev–Trinajstić information content (AvgIpc) is 3.07. The van der Waals surface area contributed by atoms with E-state index in [0.29, 0.717) is 26.4 Å². The molecule has 0 fully saturated rings. The summed E-state index contributed by atoms with van der Waals surface area (Å²) in [6.07, 6.45) is 1.39. The smallest absolute Gasteiger partial charge is 0.387 e. The first kappa shape index (κ1) is 18.6. The molecule has 0 bridgehead atoms. The summed E-state index contributed by atoms with van der Waals surface area (Å²) < 4.78 is 29.2. The second-order valence-corrected chi connectivity index (χ2v) is 6.63. The number of hydrogen-bond donors (Lipinski definition) is 1. The van der Waals surface area contributed by atoms with Crippen molar-refractivity contribution in [2.75, 3.05) is 5.43 Å². The van der Waals surface area contributed by atoms with Crippen molar-refractivity contribution in [2.45, 2.75) is 6.61 Å². The highest BCUT2D eigenvalue weighted by Gasteiger charge is 2.08. The fraction of sp³-hybridized carbons (Fsp3) is 0.0588. The lowest BCUT2D eigenvalue weighted by molar-refractivity contribution is -0.0499. The van der Waals surface area contributed by atoms with Gasteiger partial charge in [0.25, 0.3) is 0 Å². The zero-order chi connectivity index (χ0) is 18.5. The van der Waals surface area contributed by atoms with Crippen LogP contribution in [0, 0.1) is 0 Å². The second-order valence-electron chi connectivity index (χ2n) is 4.95. The number of rotatable bonds is 6. The molecule has 1 N–H and O–H groups in total. The van der Waals surface area contributed by atoms with Crippen LogP contribution < -0.4 is 10.2 Å². The summed E-state index contributed by atoms with van der Waals surface area (Å²) >= 11 is 13.3. The molecule has 0 amide bonds. The van der Waals surface area contributed by atoms with Crippen molar-refractivity contribution >= 4 is 45.9 Å². The summed E-state index contributed by atoms with van der Waals surface area (Å²) in [7, 11) is 0. The maximum absolute atomic E-state index is 12.4. The summed E-state index contributed by atoms with van der Waals surface area (Å²) in [6, 6.07) is 11.6. The maximum atomic E-state index is 12.4. The molecule has 2 aromatic carbocycles. The van der Waals surface area contributed by atoms with Gasteiger partial charge in [0, 0.05) is 16.5 Å². The monoisotopic (exact) mass is 413 g/mol. The Morgan fingerprint density at radius 2 is 1.96 bits per heavy atom. The van der Waals surface area contributed by atoms with Crippen LogP contribution in [0.4, 0.5) is 13.9 Å². The van der Waals surface area contributed by atoms with Crippen molar-refractivity contribution in [3.8, 4) is 17.0 Å². The number of para-hydroxylation sites is 1. The molecule has 0 aliphatic rings. The van der Waals surface area contributed by atoms with Gasteiger partial charge in [0.05, 0.1) is 22.0 Å². The molecule has 0 spiro atoms. The number of anilines is 1. The predicted octanol–water partition coefficient (Wildman–Crippen LogP) is 6.16. The molecule has 3 aromatic rings. The van der Waals surface area contributed by atoms with Crippen LogP contribution in [0.1, 0.15) is 5.56 Å². The Labute approximate surface area is 162 Å². The molecule has 0 aliphatic heterocycles. The van der Waals surface area contributed by atoms with Crippen LogP contribution in [0.5, 0.6) is 5.75 Å². The van der Waals surface area contributed by atoms with Gasteiger partial charge in [0.2, 0.25) is 5.13 Å². The summed E-state index contributed by atoms with van der Waals surface area (Å²) in [6.45, 7) is -2.90. The summed E-state index contributed by atoms with van der Waals surface area (Å²) in [5, 5.41) is 7.31. The molecule has 26 heavy (non-hydrogen) atoms. The van der Waals surface area contributed by atoms with Gasteiger partial charge in [0.1, 0.15) is 5.75 Å². The van der Waals surface area contributed by atoms with E-state index in [0.717, 1.165) is 5.56 Å². The van der Waals surface area contributed by atoms with Gasteiger partial charge in [-0.2, -0.15) is 13.9 Å². The van der Waals surface area contributed by atoms with Crippen LogP contribution in [0.25, 0.3) is 11.3 Å². The first-order valence-electron chi connectivity index (χ1n) is 7.27. The molecule has 134 valence electrons. The number of hydrazone groups is 1. The first-order chi connectivity index (χ1) is 12.5. The molecule has 9 heteroatoms. The highest BCUT2D eigenvalue weighted by molar-refractivity contribution is 7.14. The molecule has 3 rings (SSSR count). The molecule has 0 aliphatic carbocycles. The molecule has 0 saturated carbocycles. The molecule has 0 saturated heterocycles. The van der Waals surface area contributed by atoms with E-state index in [-0.39, 0.29) is 5.75 Å². The van der Waals surface area contributed by atoms with Crippen LogP contribution in [0.3, 0.4) is 0 Å². The van der Waals surface area contributed by atoms with Crippen LogP contribution in [-0.2, 0) is 0 Å². The largest absolute Gasteiger partial charge is 0.434 e. The number of benzene rings is 2. The quantitative estimate of drug-likeness (QED) is 0.388. The number of alkyl halides is 2.